The lowest BCUT2D eigenvalue weighted by molar-refractivity contribution is -0.121. The number of hydrogen-bond donors (Lipinski definition) is 2. The van der Waals surface area contributed by atoms with Gasteiger partial charge in [0.15, 0.2) is 0 Å². The highest BCUT2D eigenvalue weighted by atomic mass is 16.1. The van der Waals surface area contributed by atoms with Gasteiger partial charge in [0, 0.05) is 25.6 Å². The summed E-state index contributed by atoms with van der Waals surface area (Å²) >= 11 is 0. The van der Waals surface area contributed by atoms with Gasteiger partial charge in [-0.05, 0) is 38.5 Å². The van der Waals surface area contributed by atoms with Crippen molar-refractivity contribution in [2.24, 2.45) is 5.41 Å². The molecule has 0 unspecified atom stereocenters. The number of rotatable bonds is 7. The lowest BCUT2D eigenvalue weighted by Crippen LogP contribution is -2.33. The summed E-state index contributed by atoms with van der Waals surface area (Å²) in [6, 6.07) is 0.253. The highest BCUT2D eigenvalue weighted by Crippen LogP contribution is 2.47. The molecule has 1 fully saturated rings. The van der Waals surface area contributed by atoms with E-state index in [1.165, 1.54) is 19.3 Å². The van der Waals surface area contributed by atoms with Gasteiger partial charge in [0.1, 0.15) is 0 Å². The summed E-state index contributed by atoms with van der Waals surface area (Å²) in [5.74, 6) is 0.152. The van der Waals surface area contributed by atoms with E-state index in [-0.39, 0.29) is 11.9 Å². The average molecular weight is 212 g/mol. The van der Waals surface area contributed by atoms with Crippen molar-refractivity contribution in [3.63, 3.8) is 0 Å². The maximum absolute atomic E-state index is 11.3. The summed E-state index contributed by atoms with van der Waals surface area (Å²) in [5.41, 5.74) is 0.578. The molecule has 0 aromatic rings. The first-order chi connectivity index (χ1) is 7.08. The van der Waals surface area contributed by atoms with Crippen molar-refractivity contribution in [1.29, 1.82) is 0 Å². The van der Waals surface area contributed by atoms with Crippen LogP contribution in [-0.2, 0) is 4.79 Å². The van der Waals surface area contributed by atoms with E-state index in [0.29, 0.717) is 11.8 Å². The molecule has 1 saturated carbocycles. The molecular weight excluding hydrogens is 188 g/mol. The van der Waals surface area contributed by atoms with E-state index in [0.717, 1.165) is 13.1 Å². The number of nitrogens with one attached hydrogen (secondary N) is 2. The SMILES string of the molecule is CCC1(CNCCC(=O)NC(C)C)CC1. The van der Waals surface area contributed by atoms with E-state index >= 15 is 0 Å². The predicted molar refractivity (Wildman–Crippen MR) is 62.7 cm³/mol. The van der Waals surface area contributed by atoms with Gasteiger partial charge in [-0.3, -0.25) is 4.79 Å². The van der Waals surface area contributed by atoms with Gasteiger partial charge < -0.3 is 10.6 Å². The molecule has 15 heavy (non-hydrogen) atoms. The number of carbonyl (C=O) groups excluding carboxylic acids is 1. The Morgan fingerprint density at radius 2 is 2.07 bits per heavy atom. The first-order valence-corrected chi connectivity index (χ1v) is 6.08. The van der Waals surface area contributed by atoms with Gasteiger partial charge in [-0.2, -0.15) is 0 Å². The van der Waals surface area contributed by atoms with Crippen LogP contribution in [0.4, 0.5) is 0 Å². The van der Waals surface area contributed by atoms with E-state index in [1.54, 1.807) is 0 Å². The third kappa shape index (κ3) is 4.65. The van der Waals surface area contributed by atoms with Gasteiger partial charge in [0.05, 0.1) is 0 Å². The molecule has 0 spiro atoms. The molecule has 2 N–H and O–H groups in total. The lowest BCUT2D eigenvalue weighted by Gasteiger charge is -2.13. The molecule has 1 aliphatic rings. The smallest absolute Gasteiger partial charge is 0.221 e. The minimum Gasteiger partial charge on any atom is -0.354 e. The zero-order valence-electron chi connectivity index (χ0n) is 10.2. The van der Waals surface area contributed by atoms with Crippen LogP contribution >= 0.6 is 0 Å². The van der Waals surface area contributed by atoms with Crippen LogP contribution in [0.25, 0.3) is 0 Å². The van der Waals surface area contributed by atoms with Crippen molar-refractivity contribution >= 4 is 5.91 Å². The molecule has 1 amide bonds. The fourth-order valence-electron chi connectivity index (χ4n) is 1.78. The lowest BCUT2D eigenvalue weighted by atomic mass is 10.0. The summed E-state index contributed by atoms with van der Waals surface area (Å²) in [7, 11) is 0. The first-order valence-electron chi connectivity index (χ1n) is 6.08. The molecule has 0 heterocycles. The van der Waals surface area contributed by atoms with E-state index < -0.39 is 0 Å². The summed E-state index contributed by atoms with van der Waals surface area (Å²) in [6.07, 6.45) is 4.57. The minimum absolute atomic E-state index is 0.152. The molecule has 1 rings (SSSR count). The molecule has 0 atom stereocenters. The maximum atomic E-state index is 11.3. The zero-order chi connectivity index (χ0) is 11.3. The Morgan fingerprint density at radius 1 is 1.40 bits per heavy atom. The molecule has 0 aromatic carbocycles. The molecule has 3 heteroatoms. The quantitative estimate of drug-likeness (QED) is 0.630. The summed E-state index contributed by atoms with van der Waals surface area (Å²) in [5, 5.41) is 6.27. The number of carbonyl (C=O) groups is 1. The van der Waals surface area contributed by atoms with Crippen LogP contribution in [0.3, 0.4) is 0 Å². The number of hydrogen-bond acceptors (Lipinski definition) is 2. The van der Waals surface area contributed by atoms with Crippen LogP contribution in [-0.4, -0.2) is 25.0 Å². The molecule has 0 aromatic heterocycles. The van der Waals surface area contributed by atoms with E-state index in [1.807, 2.05) is 13.8 Å². The Morgan fingerprint density at radius 3 is 2.53 bits per heavy atom. The third-order valence-electron chi connectivity index (χ3n) is 3.19. The number of amides is 1. The van der Waals surface area contributed by atoms with Crippen molar-refractivity contribution in [3.05, 3.63) is 0 Å². The van der Waals surface area contributed by atoms with Crippen LogP contribution in [0.5, 0.6) is 0 Å². The summed E-state index contributed by atoms with van der Waals surface area (Å²) in [6.45, 7) is 8.11. The van der Waals surface area contributed by atoms with Crippen LogP contribution in [0.1, 0.15) is 46.5 Å². The van der Waals surface area contributed by atoms with E-state index in [9.17, 15) is 4.79 Å². The largest absolute Gasteiger partial charge is 0.354 e. The topological polar surface area (TPSA) is 41.1 Å². The molecule has 0 aliphatic heterocycles. The van der Waals surface area contributed by atoms with Crippen molar-refractivity contribution in [2.45, 2.75) is 52.5 Å². The molecule has 3 nitrogen and oxygen atoms in total. The van der Waals surface area contributed by atoms with Gasteiger partial charge in [-0.1, -0.05) is 6.92 Å². The zero-order valence-corrected chi connectivity index (χ0v) is 10.2. The van der Waals surface area contributed by atoms with Crippen molar-refractivity contribution in [2.75, 3.05) is 13.1 Å². The molecular formula is C12H24N2O. The van der Waals surface area contributed by atoms with Crippen LogP contribution in [0.2, 0.25) is 0 Å². The highest BCUT2D eigenvalue weighted by molar-refractivity contribution is 5.76. The molecule has 0 bridgehead atoms. The summed E-state index contributed by atoms with van der Waals surface area (Å²) in [4.78, 5) is 11.3. The van der Waals surface area contributed by atoms with Gasteiger partial charge in [-0.25, -0.2) is 0 Å². The average Bonchev–Trinajstić information content (AvgIpc) is 2.92. The molecule has 0 saturated heterocycles. The molecule has 1 aliphatic carbocycles. The second kappa shape index (κ2) is 5.50. The molecule has 88 valence electrons. The maximum Gasteiger partial charge on any atom is 0.221 e. The van der Waals surface area contributed by atoms with Gasteiger partial charge in [0.25, 0.3) is 0 Å². The van der Waals surface area contributed by atoms with Crippen molar-refractivity contribution < 1.29 is 4.79 Å². The Hall–Kier alpha value is -0.570. The van der Waals surface area contributed by atoms with Crippen LogP contribution < -0.4 is 10.6 Å². The standard InChI is InChI=1S/C12H24N2O/c1-4-12(6-7-12)9-13-8-5-11(15)14-10(2)3/h10,13H,4-9H2,1-3H3,(H,14,15). The van der Waals surface area contributed by atoms with Gasteiger partial charge in [0.2, 0.25) is 5.91 Å². The first kappa shape index (κ1) is 12.5. The normalized spacial score (nSPS) is 17.9. The Kier molecular flexibility index (Phi) is 4.58. The van der Waals surface area contributed by atoms with E-state index in [4.69, 9.17) is 0 Å². The van der Waals surface area contributed by atoms with Crippen molar-refractivity contribution in [1.82, 2.24) is 10.6 Å². The third-order valence-corrected chi connectivity index (χ3v) is 3.19. The fourth-order valence-corrected chi connectivity index (χ4v) is 1.78. The Labute approximate surface area is 93.0 Å². The monoisotopic (exact) mass is 212 g/mol. The Balaban J connectivity index is 1.99. The fraction of sp³-hybridized carbons (Fsp3) is 0.917. The summed E-state index contributed by atoms with van der Waals surface area (Å²) < 4.78 is 0. The van der Waals surface area contributed by atoms with Gasteiger partial charge >= 0.3 is 0 Å². The van der Waals surface area contributed by atoms with Gasteiger partial charge in [-0.15, -0.1) is 0 Å². The Bertz CT molecular complexity index is 210. The van der Waals surface area contributed by atoms with Crippen LogP contribution in [0, 0.1) is 5.41 Å². The van der Waals surface area contributed by atoms with Crippen molar-refractivity contribution in [3.8, 4) is 0 Å². The molecule has 0 radical (unpaired) electrons. The second-order valence-corrected chi connectivity index (χ2v) is 5.00. The van der Waals surface area contributed by atoms with E-state index in [2.05, 4.69) is 17.6 Å². The second-order valence-electron chi connectivity index (χ2n) is 5.00. The highest BCUT2D eigenvalue weighted by Gasteiger charge is 2.39. The predicted octanol–water partition coefficient (Wildman–Crippen LogP) is 1.68. The van der Waals surface area contributed by atoms with Crippen LogP contribution in [0.15, 0.2) is 0 Å². The minimum atomic E-state index is 0.152.